The van der Waals surface area contributed by atoms with Crippen molar-refractivity contribution in [2.75, 3.05) is 13.6 Å². The van der Waals surface area contributed by atoms with Gasteiger partial charge in [0, 0.05) is 25.2 Å². The SMILES string of the molecule is CC(C)NCC(c1ccccc1)N(C)Cc1ccccc1. The van der Waals surface area contributed by atoms with E-state index in [1.54, 1.807) is 0 Å². The lowest BCUT2D eigenvalue weighted by molar-refractivity contribution is 0.226. The maximum Gasteiger partial charge on any atom is 0.0473 e. The maximum absolute atomic E-state index is 3.57. The van der Waals surface area contributed by atoms with Gasteiger partial charge in [0.05, 0.1) is 0 Å². The fraction of sp³-hybridized carbons (Fsp3) is 0.368. The van der Waals surface area contributed by atoms with Crippen LogP contribution in [0.5, 0.6) is 0 Å². The Bertz CT molecular complexity index is 508. The van der Waals surface area contributed by atoms with Crippen molar-refractivity contribution < 1.29 is 0 Å². The molecule has 0 radical (unpaired) electrons. The van der Waals surface area contributed by atoms with Crippen molar-refractivity contribution in [3.63, 3.8) is 0 Å². The van der Waals surface area contributed by atoms with Gasteiger partial charge in [-0.15, -0.1) is 0 Å². The van der Waals surface area contributed by atoms with Gasteiger partial charge in [-0.1, -0.05) is 74.5 Å². The van der Waals surface area contributed by atoms with Crippen LogP contribution in [-0.2, 0) is 6.54 Å². The van der Waals surface area contributed by atoms with Crippen molar-refractivity contribution in [1.29, 1.82) is 0 Å². The Labute approximate surface area is 128 Å². The largest absolute Gasteiger partial charge is 0.313 e. The summed E-state index contributed by atoms with van der Waals surface area (Å²) in [5.74, 6) is 0. The van der Waals surface area contributed by atoms with Crippen LogP contribution in [0.15, 0.2) is 60.7 Å². The van der Waals surface area contributed by atoms with Gasteiger partial charge < -0.3 is 5.32 Å². The van der Waals surface area contributed by atoms with E-state index in [0.717, 1.165) is 13.1 Å². The van der Waals surface area contributed by atoms with Crippen LogP contribution in [0.3, 0.4) is 0 Å². The Morgan fingerprint density at radius 3 is 2.05 bits per heavy atom. The standard InChI is InChI=1S/C19H26N2/c1-16(2)20-14-19(18-12-8-5-9-13-18)21(3)15-17-10-6-4-7-11-17/h4-13,16,19-20H,14-15H2,1-3H3. The molecule has 21 heavy (non-hydrogen) atoms. The van der Waals surface area contributed by atoms with Crippen molar-refractivity contribution in [3.8, 4) is 0 Å². The third-order valence-corrected chi connectivity index (χ3v) is 3.71. The molecule has 0 saturated carbocycles. The summed E-state index contributed by atoms with van der Waals surface area (Å²) in [7, 11) is 2.20. The summed E-state index contributed by atoms with van der Waals surface area (Å²) < 4.78 is 0. The number of nitrogens with one attached hydrogen (secondary N) is 1. The van der Waals surface area contributed by atoms with Crippen LogP contribution in [0.4, 0.5) is 0 Å². The first-order chi connectivity index (χ1) is 10.2. The molecule has 1 N–H and O–H groups in total. The molecule has 0 fully saturated rings. The quantitative estimate of drug-likeness (QED) is 0.829. The van der Waals surface area contributed by atoms with E-state index in [4.69, 9.17) is 0 Å². The number of rotatable bonds is 7. The summed E-state index contributed by atoms with van der Waals surface area (Å²) >= 11 is 0. The molecule has 0 aliphatic heterocycles. The summed E-state index contributed by atoms with van der Waals surface area (Å²) in [6.07, 6.45) is 0. The molecule has 2 aromatic rings. The molecular formula is C19H26N2. The Hall–Kier alpha value is -1.64. The predicted octanol–water partition coefficient (Wildman–Crippen LogP) is 3.86. The summed E-state index contributed by atoms with van der Waals surface area (Å²) in [6.45, 7) is 6.31. The first-order valence-corrected chi connectivity index (χ1v) is 7.69. The molecule has 2 heteroatoms. The van der Waals surface area contributed by atoms with Crippen molar-refractivity contribution in [1.82, 2.24) is 10.2 Å². The maximum atomic E-state index is 3.57. The molecule has 0 aromatic heterocycles. The topological polar surface area (TPSA) is 15.3 Å². The summed E-state index contributed by atoms with van der Waals surface area (Å²) in [4.78, 5) is 2.42. The van der Waals surface area contributed by atoms with Gasteiger partial charge in [0.25, 0.3) is 0 Å². The first-order valence-electron chi connectivity index (χ1n) is 7.69. The highest BCUT2D eigenvalue weighted by atomic mass is 15.1. The molecule has 0 spiro atoms. The highest BCUT2D eigenvalue weighted by Crippen LogP contribution is 2.20. The highest BCUT2D eigenvalue weighted by Gasteiger charge is 2.17. The van der Waals surface area contributed by atoms with Crippen LogP contribution in [0.25, 0.3) is 0 Å². The van der Waals surface area contributed by atoms with Crippen LogP contribution in [-0.4, -0.2) is 24.5 Å². The number of benzene rings is 2. The minimum atomic E-state index is 0.383. The van der Waals surface area contributed by atoms with E-state index in [0.29, 0.717) is 12.1 Å². The second-order valence-corrected chi connectivity index (χ2v) is 5.89. The molecule has 0 heterocycles. The molecule has 0 aliphatic rings. The van der Waals surface area contributed by atoms with Crippen molar-refractivity contribution in [3.05, 3.63) is 71.8 Å². The Morgan fingerprint density at radius 2 is 1.48 bits per heavy atom. The van der Waals surface area contributed by atoms with E-state index in [1.807, 2.05) is 0 Å². The van der Waals surface area contributed by atoms with Gasteiger partial charge in [-0.05, 0) is 18.2 Å². The van der Waals surface area contributed by atoms with E-state index in [1.165, 1.54) is 11.1 Å². The highest BCUT2D eigenvalue weighted by molar-refractivity contribution is 5.20. The van der Waals surface area contributed by atoms with Crippen LogP contribution in [0.1, 0.15) is 31.0 Å². The minimum absolute atomic E-state index is 0.383. The number of likely N-dealkylation sites (N-methyl/N-ethyl adjacent to an activating group) is 1. The Balaban J connectivity index is 2.10. The zero-order valence-corrected chi connectivity index (χ0v) is 13.3. The minimum Gasteiger partial charge on any atom is -0.313 e. The third kappa shape index (κ3) is 5.00. The van der Waals surface area contributed by atoms with Gasteiger partial charge >= 0.3 is 0 Å². The Kier molecular flexibility index (Phi) is 5.97. The lowest BCUT2D eigenvalue weighted by Crippen LogP contribution is -2.36. The molecule has 112 valence electrons. The van der Waals surface area contributed by atoms with Crippen LogP contribution >= 0.6 is 0 Å². The smallest absolute Gasteiger partial charge is 0.0473 e. The zero-order chi connectivity index (χ0) is 15.1. The molecule has 2 aromatic carbocycles. The average Bonchev–Trinajstić information content (AvgIpc) is 2.49. The molecule has 2 nitrogen and oxygen atoms in total. The monoisotopic (exact) mass is 282 g/mol. The van der Waals surface area contributed by atoms with Crippen LogP contribution in [0, 0.1) is 0 Å². The number of hydrogen-bond donors (Lipinski definition) is 1. The third-order valence-electron chi connectivity index (χ3n) is 3.71. The van der Waals surface area contributed by atoms with E-state index in [2.05, 4.69) is 91.8 Å². The number of hydrogen-bond acceptors (Lipinski definition) is 2. The molecule has 0 saturated heterocycles. The van der Waals surface area contributed by atoms with Gasteiger partial charge in [-0.3, -0.25) is 4.90 Å². The fourth-order valence-corrected chi connectivity index (χ4v) is 2.53. The van der Waals surface area contributed by atoms with Crippen LogP contribution < -0.4 is 5.32 Å². The van der Waals surface area contributed by atoms with E-state index in [9.17, 15) is 0 Å². The fourth-order valence-electron chi connectivity index (χ4n) is 2.53. The molecule has 0 aliphatic carbocycles. The van der Waals surface area contributed by atoms with E-state index >= 15 is 0 Å². The van der Waals surface area contributed by atoms with Gasteiger partial charge in [-0.25, -0.2) is 0 Å². The van der Waals surface area contributed by atoms with Crippen molar-refractivity contribution in [2.24, 2.45) is 0 Å². The zero-order valence-electron chi connectivity index (χ0n) is 13.3. The number of nitrogens with zero attached hydrogens (tertiary/aromatic N) is 1. The molecule has 2 rings (SSSR count). The summed E-state index contributed by atoms with van der Waals surface area (Å²) in [5.41, 5.74) is 2.72. The molecule has 1 atom stereocenters. The average molecular weight is 282 g/mol. The normalized spacial score (nSPS) is 12.8. The molecule has 1 unspecified atom stereocenters. The van der Waals surface area contributed by atoms with Gasteiger partial charge in [0.15, 0.2) is 0 Å². The summed E-state index contributed by atoms with van der Waals surface area (Å²) in [6, 6.07) is 22.3. The van der Waals surface area contributed by atoms with Gasteiger partial charge in [-0.2, -0.15) is 0 Å². The van der Waals surface area contributed by atoms with Crippen molar-refractivity contribution >= 4 is 0 Å². The summed E-state index contributed by atoms with van der Waals surface area (Å²) in [5, 5.41) is 3.57. The van der Waals surface area contributed by atoms with E-state index < -0.39 is 0 Å². The second kappa shape index (κ2) is 7.96. The van der Waals surface area contributed by atoms with Crippen LogP contribution in [0.2, 0.25) is 0 Å². The van der Waals surface area contributed by atoms with E-state index in [-0.39, 0.29) is 0 Å². The van der Waals surface area contributed by atoms with Crippen molar-refractivity contribution in [2.45, 2.75) is 32.5 Å². The first kappa shape index (κ1) is 15.7. The lowest BCUT2D eigenvalue weighted by atomic mass is 10.0. The molecule has 0 amide bonds. The molecule has 0 bridgehead atoms. The molecular weight excluding hydrogens is 256 g/mol. The lowest BCUT2D eigenvalue weighted by Gasteiger charge is -2.29. The predicted molar refractivity (Wildman–Crippen MR) is 90.2 cm³/mol. The Morgan fingerprint density at radius 1 is 0.905 bits per heavy atom. The van der Waals surface area contributed by atoms with Gasteiger partial charge in [0.2, 0.25) is 0 Å². The second-order valence-electron chi connectivity index (χ2n) is 5.89. The van der Waals surface area contributed by atoms with Gasteiger partial charge in [0.1, 0.15) is 0 Å².